The van der Waals surface area contributed by atoms with Crippen molar-refractivity contribution in [2.45, 2.75) is 24.9 Å². The van der Waals surface area contributed by atoms with Gasteiger partial charge in [-0.05, 0) is 6.08 Å². The van der Waals surface area contributed by atoms with Crippen LogP contribution < -0.4 is 0 Å². The summed E-state index contributed by atoms with van der Waals surface area (Å²) >= 11 is 0. The molecule has 0 bridgehead atoms. The van der Waals surface area contributed by atoms with Crippen molar-refractivity contribution >= 4 is 6.21 Å². The largest absolute Gasteiger partial charge is 0.394 e. The Morgan fingerprint density at radius 1 is 1.64 bits per heavy atom. The van der Waals surface area contributed by atoms with E-state index in [0.29, 0.717) is 6.67 Å². The first-order valence-corrected chi connectivity index (χ1v) is 4.64. The van der Waals surface area contributed by atoms with Crippen LogP contribution in [0.3, 0.4) is 0 Å². The molecule has 0 radical (unpaired) electrons. The highest BCUT2D eigenvalue weighted by Gasteiger charge is 2.38. The molecule has 0 spiro atoms. The number of ether oxygens (including phenoxy) is 1. The molecule has 1 N–H and O–H groups in total. The molecule has 0 unspecified atom stereocenters. The van der Waals surface area contributed by atoms with E-state index in [2.05, 4.69) is 4.99 Å². The van der Waals surface area contributed by atoms with Crippen molar-refractivity contribution in [1.82, 2.24) is 4.90 Å². The molecule has 2 aliphatic heterocycles. The summed E-state index contributed by atoms with van der Waals surface area (Å²) in [5, 5.41) is 8.84. The fourth-order valence-electron chi connectivity index (χ4n) is 1.67. The highest BCUT2D eigenvalue weighted by molar-refractivity contribution is 5.71. The number of hydrogen-bond acceptors (Lipinski definition) is 4. The molecule has 4 nitrogen and oxygen atoms in total. The molecule has 1 saturated heterocycles. The van der Waals surface area contributed by atoms with E-state index in [0.717, 1.165) is 0 Å². The lowest BCUT2D eigenvalue weighted by atomic mass is 10.2. The van der Waals surface area contributed by atoms with Crippen LogP contribution >= 0.6 is 0 Å². The zero-order chi connectivity index (χ0) is 9.97. The highest BCUT2D eigenvalue weighted by atomic mass is 19.1. The van der Waals surface area contributed by atoms with Crippen molar-refractivity contribution in [2.75, 3.05) is 13.3 Å². The van der Waals surface area contributed by atoms with E-state index in [1.165, 1.54) is 0 Å². The van der Waals surface area contributed by atoms with Gasteiger partial charge in [-0.25, -0.2) is 4.39 Å². The van der Waals surface area contributed by atoms with E-state index in [-0.39, 0.29) is 19.1 Å². The van der Waals surface area contributed by atoms with E-state index in [1.807, 2.05) is 0 Å². The Balaban J connectivity index is 1.97. The third-order valence-electron chi connectivity index (χ3n) is 2.37. The minimum atomic E-state index is -1.05. The van der Waals surface area contributed by atoms with Gasteiger partial charge in [-0.15, -0.1) is 0 Å². The minimum absolute atomic E-state index is 0.127. The summed E-state index contributed by atoms with van der Waals surface area (Å²) in [6, 6.07) is 0. The molecule has 0 aromatic rings. The van der Waals surface area contributed by atoms with Crippen LogP contribution in [-0.2, 0) is 4.74 Å². The molecular formula is C9H13FN2O2. The standard InChI is InChI=1S/C9H13FN2O2/c10-8-4-7(5-13)14-9(8)12-3-1-2-11-6-12/h1-3,7-9,13H,4-6H2/t7-,8-,9+/m0/s1. The predicted molar refractivity (Wildman–Crippen MR) is 49.6 cm³/mol. The molecule has 0 aromatic heterocycles. The number of aliphatic imine (C=N–C) groups is 1. The second kappa shape index (κ2) is 4.06. The lowest BCUT2D eigenvalue weighted by Gasteiger charge is -2.27. The van der Waals surface area contributed by atoms with E-state index in [9.17, 15) is 4.39 Å². The van der Waals surface area contributed by atoms with Gasteiger partial charge < -0.3 is 14.7 Å². The van der Waals surface area contributed by atoms with Crippen LogP contribution in [0.5, 0.6) is 0 Å². The van der Waals surface area contributed by atoms with Crippen LogP contribution in [0, 0.1) is 0 Å². The Bertz CT molecular complexity index is 257. The lowest BCUT2D eigenvalue weighted by Crippen LogP contribution is -2.37. The number of halogens is 1. The van der Waals surface area contributed by atoms with Crippen LogP contribution in [0.2, 0.25) is 0 Å². The number of allylic oxidation sites excluding steroid dienone is 1. The average Bonchev–Trinajstić information content (AvgIpc) is 2.61. The summed E-state index contributed by atoms with van der Waals surface area (Å²) in [4.78, 5) is 5.69. The van der Waals surface area contributed by atoms with Crippen LogP contribution in [0.25, 0.3) is 0 Å². The second-order valence-corrected chi connectivity index (χ2v) is 3.41. The Kier molecular flexibility index (Phi) is 2.79. The first kappa shape index (κ1) is 9.61. The smallest absolute Gasteiger partial charge is 0.163 e. The first-order valence-electron chi connectivity index (χ1n) is 4.64. The Morgan fingerprint density at radius 3 is 3.07 bits per heavy atom. The number of hydrogen-bond donors (Lipinski definition) is 1. The van der Waals surface area contributed by atoms with Crippen molar-refractivity contribution in [1.29, 1.82) is 0 Å². The molecule has 1 fully saturated rings. The zero-order valence-corrected chi connectivity index (χ0v) is 7.71. The van der Waals surface area contributed by atoms with E-state index in [1.54, 1.807) is 23.4 Å². The maximum Gasteiger partial charge on any atom is 0.163 e. The maximum atomic E-state index is 13.4. The molecule has 2 heterocycles. The van der Waals surface area contributed by atoms with Gasteiger partial charge in [-0.2, -0.15) is 0 Å². The Labute approximate surface area is 81.7 Å². The number of aliphatic hydroxyl groups excluding tert-OH is 1. The summed E-state index contributed by atoms with van der Waals surface area (Å²) in [5.41, 5.74) is 0. The topological polar surface area (TPSA) is 45.1 Å². The van der Waals surface area contributed by atoms with Crippen molar-refractivity contribution in [3.8, 4) is 0 Å². The molecule has 3 atom stereocenters. The SMILES string of the molecule is OC[C@@H]1C[C@H](F)[C@H](N2C=CC=NC2)O1. The molecule has 0 aromatic carbocycles. The van der Waals surface area contributed by atoms with Crippen molar-refractivity contribution in [3.05, 3.63) is 12.3 Å². The van der Waals surface area contributed by atoms with Gasteiger partial charge in [0.2, 0.25) is 0 Å². The Hall–Kier alpha value is -0.940. The number of rotatable bonds is 2. The molecule has 78 valence electrons. The fourth-order valence-corrected chi connectivity index (χ4v) is 1.67. The average molecular weight is 200 g/mol. The summed E-state index contributed by atoms with van der Waals surface area (Å²) in [5.74, 6) is 0. The summed E-state index contributed by atoms with van der Waals surface area (Å²) in [6.45, 7) is 0.289. The zero-order valence-electron chi connectivity index (χ0n) is 7.71. The summed E-state index contributed by atoms with van der Waals surface area (Å²) in [6.07, 6.45) is 3.40. The van der Waals surface area contributed by atoms with Crippen LogP contribution in [0.15, 0.2) is 17.3 Å². The first-order chi connectivity index (χ1) is 6.81. The molecule has 0 amide bonds. The number of alkyl halides is 1. The molecule has 0 aliphatic carbocycles. The maximum absolute atomic E-state index is 13.4. The van der Waals surface area contributed by atoms with Gasteiger partial charge in [0.15, 0.2) is 6.23 Å². The van der Waals surface area contributed by atoms with Gasteiger partial charge in [0.25, 0.3) is 0 Å². The molecule has 14 heavy (non-hydrogen) atoms. The summed E-state index contributed by atoms with van der Waals surface area (Å²) < 4.78 is 18.8. The van der Waals surface area contributed by atoms with Crippen molar-refractivity contribution in [2.24, 2.45) is 4.99 Å². The molecular weight excluding hydrogens is 187 g/mol. The lowest BCUT2D eigenvalue weighted by molar-refractivity contribution is -0.0654. The quantitative estimate of drug-likeness (QED) is 0.696. The highest BCUT2D eigenvalue weighted by Crippen LogP contribution is 2.26. The predicted octanol–water partition coefficient (Wildman–Crippen LogP) is 0.289. The second-order valence-electron chi connectivity index (χ2n) is 3.41. The van der Waals surface area contributed by atoms with Gasteiger partial charge >= 0.3 is 0 Å². The van der Waals surface area contributed by atoms with E-state index < -0.39 is 12.4 Å². The number of aliphatic hydroxyl groups is 1. The minimum Gasteiger partial charge on any atom is -0.394 e. The van der Waals surface area contributed by atoms with Gasteiger partial charge in [-0.3, -0.25) is 4.99 Å². The van der Waals surface area contributed by atoms with Crippen molar-refractivity contribution in [3.63, 3.8) is 0 Å². The molecule has 0 saturated carbocycles. The van der Waals surface area contributed by atoms with E-state index >= 15 is 0 Å². The van der Waals surface area contributed by atoms with Gasteiger partial charge in [0, 0.05) is 18.8 Å². The monoisotopic (exact) mass is 200 g/mol. The molecule has 2 rings (SSSR count). The molecule has 5 heteroatoms. The normalized spacial score (nSPS) is 36.7. The van der Waals surface area contributed by atoms with Gasteiger partial charge in [-0.1, -0.05) is 0 Å². The third kappa shape index (κ3) is 1.78. The fraction of sp³-hybridized carbons (Fsp3) is 0.667. The van der Waals surface area contributed by atoms with Crippen LogP contribution in [0.4, 0.5) is 4.39 Å². The number of nitrogens with zero attached hydrogens (tertiary/aromatic N) is 2. The van der Waals surface area contributed by atoms with Gasteiger partial charge in [0.05, 0.1) is 12.7 Å². The summed E-state index contributed by atoms with van der Waals surface area (Å²) in [7, 11) is 0. The third-order valence-corrected chi connectivity index (χ3v) is 2.37. The van der Waals surface area contributed by atoms with Gasteiger partial charge in [0.1, 0.15) is 12.8 Å². The Morgan fingerprint density at radius 2 is 2.50 bits per heavy atom. The van der Waals surface area contributed by atoms with Crippen LogP contribution in [-0.4, -0.2) is 48.0 Å². The molecule has 2 aliphatic rings. The van der Waals surface area contributed by atoms with E-state index in [4.69, 9.17) is 9.84 Å². The van der Waals surface area contributed by atoms with Crippen LogP contribution in [0.1, 0.15) is 6.42 Å². The van der Waals surface area contributed by atoms with Crippen molar-refractivity contribution < 1.29 is 14.2 Å².